The highest BCUT2D eigenvalue weighted by Crippen LogP contribution is 2.42. The van der Waals surface area contributed by atoms with E-state index in [1.165, 1.54) is 16.0 Å². The molecular formula is C23H17Cl4N3O2S2. The second kappa shape index (κ2) is 10.1. The Morgan fingerprint density at radius 3 is 2.29 bits per heavy atom. The zero-order valence-electron chi connectivity index (χ0n) is 18.1. The van der Waals surface area contributed by atoms with Crippen LogP contribution >= 0.6 is 69.5 Å². The van der Waals surface area contributed by atoms with Gasteiger partial charge in [0.05, 0.1) is 25.6 Å². The Morgan fingerprint density at radius 2 is 1.71 bits per heavy atom. The molecular weight excluding hydrogens is 556 g/mol. The van der Waals surface area contributed by atoms with Crippen LogP contribution in [0.2, 0.25) is 20.1 Å². The molecule has 4 aromatic rings. The molecule has 2 aromatic carbocycles. The molecule has 5 nitrogen and oxygen atoms in total. The molecule has 0 spiro atoms. The van der Waals surface area contributed by atoms with Crippen LogP contribution in [0.25, 0.3) is 27.5 Å². The third-order valence-electron chi connectivity index (χ3n) is 4.72. The average Bonchev–Trinajstić information content (AvgIpc) is 3.30. The fourth-order valence-electron chi connectivity index (χ4n) is 3.41. The molecule has 0 fully saturated rings. The van der Waals surface area contributed by atoms with Gasteiger partial charge in [-0.1, -0.05) is 77.7 Å². The van der Waals surface area contributed by atoms with Crippen LogP contribution in [0.4, 0.5) is 0 Å². The van der Waals surface area contributed by atoms with Gasteiger partial charge in [0.1, 0.15) is 0 Å². The van der Waals surface area contributed by atoms with Gasteiger partial charge in [0.2, 0.25) is 5.13 Å². The molecule has 0 amide bonds. The smallest absolute Gasteiger partial charge is 0.355 e. The molecule has 176 valence electrons. The topological polar surface area (TPSA) is 68.0 Å². The molecule has 4 rings (SSSR count). The predicted octanol–water partition coefficient (Wildman–Crippen LogP) is 8.78. The summed E-state index contributed by atoms with van der Waals surface area (Å²) in [6, 6.07) is 10.2. The molecule has 0 aliphatic heterocycles. The van der Waals surface area contributed by atoms with Gasteiger partial charge in [-0.15, -0.1) is 11.8 Å². The third-order valence-corrected chi connectivity index (χ3v) is 8.13. The zero-order chi connectivity index (χ0) is 24.7. The van der Waals surface area contributed by atoms with Gasteiger partial charge in [0.25, 0.3) is 0 Å². The van der Waals surface area contributed by atoms with Gasteiger partial charge >= 0.3 is 5.97 Å². The molecule has 0 bridgehead atoms. The summed E-state index contributed by atoms with van der Waals surface area (Å²) in [5.41, 5.74) is 2.96. The van der Waals surface area contributed by atoms with Crippen molar-refractivity contribution < 1.29 is 9.90 Å². The highest BCUT2D eigenvalue weighted by Gasteiger charge is 2.27. The van der Waals surface area contributed by atoms with E-state index in [0.29, 0.717) is 47.7 Å². The minimum atomic E-state index is -1.14. The number of hydrogen-bond acceptors (Lipinski definition) is 5. The second-order valence-electron chi connectivity index (χ2n) is 7.61. The van der Waals surface area contributed by atoms with E-state index in [2.05, 4.69) is 18.9 Å². The maximum Gasteiger partial charge on any atom is 0.355 e. The number of nitrogens with zero attached hydrogens (tertiary/aromatic N) is 3. The summed E-state index contributed by atoms with van der Waals surface area (Å²) in [5, 5.41) is 17.0. The molecule has 11 heteroatoms. The van der Waals surface area contributed by atoms with Gasteiger partial charge < -0.3 is 5.11 Å². The fraction of sp³-hybridized carbons (Fsp3) is 0.174. The van der Waals surface area contributed by atoms with Crippen molar-refractivity contribution in [2.75, 3.05) is 0 Å². The summed E-state index contributed by atoms with van der Waals surface area (Å²) in [6.07, 6.45) is 0. The third kappa shape index (κ3) is 5.10. The highest BCUT2D eigenvalue weighted by molar-refractivity contribution is 8.01. The summed E-state index contributed by atoms with van der Waals surface area (Å²) in [5.74, 6) is -1.14. The normalized spacial score (nSPS) is 11.4. The maximum atomic E-state index is 12.4. The monoisotopic (exact) mass is 571 g/mol. The van der Waals surface area contributed by atoms with E-state index in [9.17, 15) is 9.90 Å². The predicted molar refractivity (Wildman–Crippen MR) is 143 cm³/mol. The van der Waals surface area contributed by atoms with Crippen molar-refractivity contribution >= 4 is 75.5 Å². The molecule has 34 heavy (non-hydrogen) atoms. The highest BCUT2D eigenvalue weighted by atomic mass is 35.5. The van der Waals surface area contributed by atoms with Crippen LogP contribution < -0.4 is 0 Å². The lowest BCUT2D eigenvalue weighted by atomic mass is 10.0. The Labute approximate surface area is 224 Å². The number of halogens is 4. The number of aromatic nitrogens is 3. The van der Waals surface area contributed by atoms with Crippen LogP contribution in [-0.2, 0) is 0 Å². The van der Waals surface area contributed by atoms with Crippen molar-refractivity contribution in [1.82, 2.24) is 14.8 Å². The van der Waals surface area contributed by atoms with Crippen molar-refractivity contribution in [3.8, 4) is 27.5 Å². The van der Waals surface area contributed by atoms with Crippen LogP contribution in [0.3, 0.4) is 0 Å². The Kier molecular flexibility index (Phi) is 7.53. The van der Waals surface area contributed by atoms with E-state index in [-0.39, 0.29) is 10.9 Å². The Hall–Kier alpha value is -1.74. The van der Waals surface area contributed by atoms with Gasteiger partial charge in [-0.05, 0) is 42.8 Å². The van der Waals surface area contributed by atoms with Crippen molar-refractivity contribution in [3.05, 3.63) is 67.9 Å². The van der Waals surface area contributed by atoms with Crippen molar-refractivity contribution in [2.24, 2.45) is 0 Å². The van der Waals surface area contributed by atoms with Gasteiger partial charge in [0.15, 0.2) is 5.69 Å². The summed E-state index contributed by atoms with van der Waals surface area (Å²) < 4.78 is 2.28. The number of carboxylic acid groups (broad SMARTS) is 1. The molecule has 0 aliphatic carbocycles. The lowest BCUT2D eigenvalue weighted by Crippen LogP contribution is -2.09. The van der Waals surface area contributed by atoms with Crippen LogP contribution in [-0.4, -0.2) is 31.1 Å². The lowest BCUT2D eigenvalue weighted by Gasteiger charge is -2.05. The number of aromatic carboxylic acids is 1. The standard InChI is InChI=1S/C23H17Cl4N3O2S2/c1-10(2)33-22-19(12-4-5-16(26)17(27)8-12)28-23(34-22)30-20(21(31)32)18(11(3)29-30)13-6-14(24)9-15(25)7-13/h4-10H,1-3H3,(H,31,32). The Morgan fingerprint density at radius 1 is 1.03 bits per heavy atom. The number of carbonyl (C=O) groups is 1. The SMILES string of the molecule is Cc1nn(-c2nc(-c3ccc(Cl)c(Cl)c3)c(SC(C)C)s2)c(C(=O)O)c1-c1cc(Cl)cc(Cl)c1. The maximum absolute atomic E-state index is 12.4. The first-order chi connectivity index (χ1) is 16.0. The molecule has 0 atom stereocenters. The summed E-state index contributed by atoms with van der Waals surface area (Å²) in [7, 11) is 0. The lowest BCUT2D eigenvalue weighted by molar-refractivity contribution is 0.0688. The van der Waals surface area contributed by atoms with Crippen LogP contribution in [0, 0.1) is 6.92 Å². The van der Waals surface area contributed by atoms with Crippen molar-refractivity contribution in [2.45, 2.75) is 30.2 Å². The second-order valence-corrected chi connectivity index (χ2v) is 12.1. The summed E-state index contributed by atoms with van der Waals surface area (Å²) in [4.78, 5) is 17.2. The van der Waals surface area contributed by atoms with Crippen molar-refractivity contribution in [3.63, 3.8) is 0 Å². The van der Waals surface area contributed by atoms with Gasteiger partial charge in [-0.3, -0.25) is 0 Å². The molecule has 2 aromatic heterocycles. The van der Waals surface area contributed by atoms with E-state index in [0.717, 1.165) is 9.77 Å². The van der Waals surface area contributed by atoms with E-state index in [1.807, 2.05) is 6.07 Å². The first-order valence-electron chi connectivity index (χ1n) is 9.97. The molecule has 0 saturated heterocycles. The van der Waals surface area contributed by atoms with E-state index >= 15 is 0 Å². The molecule has 0 unspecified atom stereocenters. The van der Waals surface area contributed by atoms with Crippen molar-refractivity contribution in [1.29, 1.82) is 0 Å². The quantitative estimate of drug-likeness (QED) is 0.234. The number of carboxylic acids is 1. The molecule has 2 heterocycles. The first-order valence-corrected chi connectivity index (χ1v) is 13.2. The minimum absolute atomic E-state index is 0.0219. The first kappa shape index (κ1) is 25.4. The average molecular weight is 573 g/mol. The van der Waals surface area contributed by atoms with Crippen LogP contribution in [0.1, 0.15) is 30.0 Å². The van der Waals surface area contributed by atoms with Gasteiger partial charge in [-0.2, -0.15) is 9.78 Å². The zero-order valence-corrected chi connectivity index (χ0v) is 22.7. The molecule has 0 saturated carbocycles. The van der Waals surface area contributed by atoms with E-state index < -0.39 is 5.97 Å². The number of aryl methyl sites for hydroxylation is 1. The number of rotatable bonds is 6. The molecule has 0 radical (unpaired) electrons. The molecule has 1 N–H and O–H groups in total. The largest absolute Gasteiger partial charge is 0.476 e. The van der Waals surface area contributed by atoms with Gasteiger partial charge in [-0.25, -0.2) is 9.78 Å². The Bertz CT molecular complexity index is 1400. The van der Waals surface area contributed by atoms with Gasteiger partial charge in [0, 0.05) is 26.4 Å². The van der Waals surface area contributed by atoms with Crippen LogP contribution in [0.15, 0.2) is 40.6 Å². The molecule has 0 aliphatic rings. The van der Waals surface area contributed by atoms with E-state index in [1.54, 1.807) is 49.0 Å². The van der Waals surface area contributed by atoms with E-state index in [4.69, 9.17) is 51.4 Å². The number of thioether (sulfide) groups is 1. The number of benzene rings is 2. The summed E-state index contributed by atoms with van der Waals surface area (Å²) in [6.45, 7) is 5.89. The Balaban J connectivity index is 1.93. The number of hydrogen-bond donors (Lipinski definition) is 1. The number of thiazole rings is 1. The van der Waals surface area contributed by atoms with Crippen LogP contribution in [0.5, 0.6) is 0 Å². The fourth-order valence-corrected chi connectivity index (χ4v) is 6.72. The minimum Gasteiger partial charge on any atom is -0.476 e. The summed E-state index contributed by atoms with van der Waals surface area (Å²) >= 11 is 27.7.